The minimum atomic E-state index is -4.52. The molecule has 132 valence electrons. The first-order valence-corrected chi connectivity index (χ1v) is 7.97. The number of carbonyl (C=O) groups excluding carboxylic acids is 1. The standard InChI is InChI=1S/C14H15F3N2O4S/c1-3-21-12(20)7-10-13(22-23-24-4-2)19-8-9(14(15,16)17)5-6-11(19)18-10/h5-6,8H,3-4,7H2,1-2H3. The molecule has 2 aromatic heterocycles. The van der Waals surface area contributed by atoms with Crippen LogP contribution in [-0.4, -0.2) is 27.7 Å². The van der Waals surface area contributed by atoms with E-state index in [1.807, 2.05) is 6.92 Å². The highest BCUT2D eigenvalue weighted by molar-refractivity contribution is 7.94. The van der Waals surface area contributed by atoms with Gasteiger partial charge in [0.25, 0.3) is 5.88 Å². The molecule has 24 heavy (non-hydrogen) atoms. The fraction of sp³-hybridized carbons (Fsp3) is 0.429. The molecule has 6 nitrogen and oxygen atoms in total. The Morgan fingerprint density at radius 3 is 2.71 bits per heavy atom. The second kappa shape index (κ2) is 7.75. The van der Waals surface area contributed by atoms with Crippen LogP contribution in [0.2, 0.25) is 0 Å². The van der Waals surface area contributed by atoms with Gasteiger partial charge in [-0.2, -0.15) is 13.2 Å². The molecular formula is C14H15F3N2O4S. The topological polar surface area (TPSA) is 62.1 Å². The van der Waals surface area contributed by atoms with E-state index in [9.17, 15) is 18.0 Å². The Balaban J connectivity index is 2.43. The molecule has 2 aromatic rings. The molecule has 0 bridgehead atoms. The molecule has 0 atom stereocenters. The maximum atomic E-state index is 12.9. The molecule has 0 unspecified atom stereocenters. The molecule has 0 fully saturated rings. The van der Waals surface area contributed by atoms with E-state index in [0.29, 0.717) is 5.75 Å². The van der Waals surface area contributed by atoms with Gasteiger partial charge in [0.05, 0.1) is 18.6 Å². The van der Waals surface area contributed by atoms with E-state index in [4.69, 9.17) is 14.0 Å². The van der Waals surface area contributed by atoms with Gasteiger partial charge in [-0.1, -0.05) is 6.92 Å². The van der Waals surface area contributed by atoms with E-state index in [1.165, 1.54) is 6.07 Å². The maximum absolute atomic E-state index is 12.9. The molecule has 0 amide bonds. The predicted octanol–water partition coefficient (Wildman–Crippen LogP) is 3.44. The Morgan fingerprint density at radius 2 is 2.08 bits per heavy atom. The Bertz CT molecular complexity index is 718. The van der Waals surface area contributed by atoms with Gasteiger partial charge in [0.15, 0.2) is 0 Å². The summed E-state index contributed by atoms with van der Waals surface area (Å²) in [4.78, 5) is 20.8. The zero-order chi connectivity index (χ0) is 17.7. The molecule has 10 heteroatoms. The van der Waals surface area contributed by atoms with Crippen molar-refractivity contribution in [2.45, 2.75) is 26.4 Å². The molecule has 0 aromatic carbocycles. The Morgan fingerprint density at radius 1 is 1.33 bits per heavy atom. The lowest BCUT2D eigenvalue weighted by Gasteiger charge is -2.08. The number of rotatable bonds is 7. The number of halogens is 3. The number of alkyl halides is 3. The summed E-state index contributed by atoms with van der Waals surface area (Å²) in [7, 11) is 0. The maximum Gasteiger partial charge on any atom is 0.417 e. The average molecular weight is 364 g/mol. The van der Waals surface area contributed by atoms with Gasteiger partial charge in [-0.25, -0.2) is 4.98 Å². The van der Waals surface area contributed by atoms with Crippen LogP contribution in [0.4, 0.5) is 13.2 Å². The zero-order valence-electron chi connectivity index (χ0n) is 12.9. The number of aromatic nitrogens is 2. The molecule has 0 aliphatic rings. The first kappa shape index (κ1) is 18.4. The van der Waals surface area contributed by atoms with Crippen molar-refractivity contribution >= 4 is 23.7 Å². The van der Waals surface area contributed by atoms with Crippen LogP contribution in [0.25, 0.3) is 5.65 Å². The van der Waals surface area contributed by atoms with Crippen LogP contribution in [-0.2, 0) is 26.5 Å². The summed E-state index contributed by atoms with van der Waals surface area (Å²) in [6, 6.07) is 2.10. The number of hydrogen-bond acceptors (Lipinski definition) is 6. The number of imidazole rings is 1. The molecule has 0 N–H and O–H groups in total. The minimum Gasteiger partial charge on any atom is -0.466 e. The Hall–Kier alpha value is -1.94. The summed E-state index contributed by atoms with van der Waals surface area (Å²) in [6.45, 7) is 3.64. The monoisotopic (exact) mass is 364 g/mol. The summed E-state index contributed by atoms with van der Waals surface area (Å²) in [5, 5.41) is 0. The van der Waals surface area contributed by atoms with Gasteiger partial charge in [0.2, 0.25) is 0 Å². The number of nitrogens with zero attached hydrogens (tertiary/aromatic N) is 2. The third kappa shape index (κ3) is 4.32. The number of fused-ring (bicyclic) bond motifs is 1. The Kier molecular flexibility index (Phi) is 5.94. The lowest BCUT2D eigenvalue weighted by molar-refractivity contribution is -0.142. The van der Waals surface area contributed by atoms with Crippen molar-refractivity contribution in [3.63, 3.8) is 0 Å². The summed E-state index contributed by atoms with van der Waals surface area (Å²) in [6.07, 6.45) is -3.92. The fourth-order valence-electron chi connectivity index (χ4n) is 1.90. The lowest BCUT2D eigenvalue weighted by Crippen LogP contribution is -2.09. The predicted molar refractivity (Wildman–Crippen MR) is 80.4 cm³/mol. The van der Waals surface area contributed by atoms with Crippen LogP contribution in [0, 0.1) is 0 Å². The van der Waals surface area contributed by atoms with Crippen molar-refractivity contribution in [1.82, 2.24) is 9.38 Å². The smallest absolute Gasteiger partial charge is 0.417 e. The van der Waals surface area contributed by atoms with Crippen LogP contribution in [0.3, 0.4) is 0 Å². The van der Waals surface area contributed by atoms with E-state index < -0.39 is 17.7 Å². The molecule has 0 saturated heterocycles. The molecular weight excluding hydrogens is 349 g/mol. The van der Waals surface area contributed by atoms with Crippen molar-refractivity contribution in [3.8, 4) is 5.88 Å². The number of ether oxygens (including phenoxy) is 1. The lowest BCUT2D eigenvalue weighted by atomic mass is 10.3. The molecule has 0 aliphatic heterocycles. The minimum absolute atomic E-state index is 0.0925. The van der Waals surface area contributed by atoms with Gasteiger partial charge in [0.1, 0.15) is 11.3 Å². The second-order valence-electron chi connectivity index (χ2n) is 4.55. The van der Waals surface area contributed by atoms with Gasteiger partial charge >= 0.3 is 12.1 Å². The van der Waals surface area contributed by atoms with Crippen molar-refractivity contribution in [2.24, 2.45) is 0 Å². The molecule has 0 radical (unpaired) electrons. The van der Waals surface area contributed by atoms with E-state index in [0.717, 1.165) is 28.7 Å². The summed E-state index contributed by atoms with van der Waals surface area (Å²) < 4.78 is 49.4. The highest BCUT2D eigenvalue weighted by Gasteiger charge is 2.32. The molecule has 0 aliphatic carbocycles. The third-order valence-corrected chi connectivity index (χ3v) is 3.27. The van der Waals surface area contributed by atoms with Crippen molar-refractivity contribution < 1.29 is 31.9 Å². The first-order valence-electron chi connectivity index (χ1n) is 7.06. The summed E-state index contributed by atoms with van der Waals surface area (Å²) in [5.41, 5.74) is -0.546. The molecule has 0 spiro atoms. The highest BCUT2D eigenvalue weighted by Crippen LogP contribution is 2.31. The molecule has 0 saturated carbocycles. The molecule has 2 heterocycles. The van der Waals surface area contributed by atoms with E-state index >= 15 is 0 Å². The zero-order valence-corrected chi connectivity index (χ0v) is 13.7. The van der Waals surface area contributed by atoms with Crippen molar-refractivity contribution in [2.75, 3.05) is 12.4 Å². The average Bonchev–Trinajstić information content (AvgIpc) is 2.83. The van der Waals surface area contributed by atoms with Crippen molar-refractivity contribution in [1.29, 1.82) is 0 Å². The largest absolute Gasteiger partial charge is 0.466 e. The number of hydrogen-bond donors (Lipinski definition) is 0. The van der Waals surface area contributed by atoms with Gasteiger partial charge in [0, 0.05) is 24.0 Å². The number of pyridine rings is 1. The summed E-state index contributed by atoms with van der Waals surface area (Å²) in [5.74, 6) is -0.0902. The number of esters is 1. The fourth-order valence-corrected chi connectivity index (χ4v) is 2.10. The number of carbonyl (C=O) groups is 1. The van der Waals surface area contributed by atoms with Crippen LogP contribution in [0.5, 0.6) is 5.88 Å². The van der Waals surface area contributed by atoms with Crippen LogP contribution in [0.15, 0.2) is 18.3 Å². The molecule has 2 rings (SSSR count). The van der Waals surface area contributed by atoms with Gasteiger partial charge < -0.3 is 9.62 Å². The van der Waals surface area contributed by atoms with Gasteiger partial charge in [-0.05, 0) is 19.1 Å². The normalized spacial score (nSPS) is 11.7. The Labute approximate surface area is 140 Å². The van der Waals surface area contributed by atoms with Gasteiger partial charge in [-0.3, -0.25) is 9.20 Å². The third-order valence-electron chi connectivity index (χ3n) is 2.87. The van der Waals surface area contributed by atoms with E-state index in [2.05, 4.69) is 4.98 Å². The van der Waals surface area contributed by atoms with E-state index in [1.54, 1.807) is 6.92 Å². The first-order chi connectivity index (χ1) is 11.4. The second-order valence-corrected chi connectivity index (χ2v) is 5.50. The quantitative estimate of drug-likeness (QED) is 0.247. The summed E-state index contributed by atoms with van der Waals surface area (Å²) >= 11 is 0.961. The van der Waals surface area contributed by atoms with Crippen LogP contribution >= 0.6 is 12.0 Å². The van der Waals surface area contributed by atoms with Gasteiger partial charge in [-0.15, -0.1) is 4.33 Å². The van der Waals surface area contributed by atoms with Crippen LogP contribution in [0.1, 0.15) is 25.1 Å². The van der Waals surface area contributed by atoms with E-state index in [-0.39, 0.29) is 30.2 Å². The SMILES string of the molecule is CCOC(=O)Cc1nc2ccc(C(F)(F)F)cn2c1OOSCC. The highest BCUT2D eigenvalue weighted by atomic mass is 32.2. The van der Waals surface area contributed by atoms with Crippen molar-refractivity contribution in [3.05, 3.63) is 29.6 Å². The van der Waals surface area contributed by atoms with Crippen LogP contribution < -0.4 is 4.89 Å².